The number of hydrogen-bond donors (Lipinski definition) is 0. The van der Waals surface area contributed by atoms with E-state index in [0.717, 1.165) is 25.0 Å². The van der Waals surface area contributed by atoms with Gasteiger partial charge in [-0.2, -0.15) is 0 Å². The third-order valence-corrected chi connectivity index (χ3v) is 2.03. The van der Waals surface area contributed by atoms with Crippen LogP contribution in [0, 0.1) is 0 Å². The molecule has 0 atom stereocenters. The average Bonchev–Trinajstić information content (AvgIpc) is 2.00. The molecule has 1 aliphatic heterocycles. The van der Waals surface area contributed by atoms with Crippen LogP contribution in [0.1, 0.15) is 46.5 Å². The largest absolute Gasteiger partial charge is 0.457 e. The number of cyclic esters (lactones) is 1. The van der Waals surface area contributed by atoms with Gasteiger partial charge in [0.25, 0.3) is 0 Å². The summed E-state index contributed by atoms with van der Waals surface area (Å²) in [5.41, 5.74) is 0. The SMILES string of the molecule is CCCCCC1=CC(=O)OC(C)(C)O1. The second kappa shape index (κ2) is 4.49. The summed E-state index contributed by atoms with van der Waals surface area (Å²) in [6, 6.07) is 0. The van der Waals surface area contributed by atoms with Crippen molar-refractivity contribution in [3.63, 3.8) is 0 Å². The first-order valence-electron chi connectivity index (χ1n) is 5.16. The van der Waals surface area contributed by atoms with Gasteiger partial charge in [-0.3, -0.25) is 0 Å². The maximum absolute atomic E-state index is 11.1. The van der Waals surface area contributed by atoms with E-state index >= 15 is 0 Å². The molecule has 0 amide bonds. The molecular formula is C11H18O3. The minimum atomic E-state index is -0.798. The Bertz CT molecular complexity index is 241. The molecule has 1 aliphatic rings. The molecule has 0 N–H and O–H groups in total. The Morgan fingerprint density at radius 2 is 2.00 bits per heavy atom. The number of rotatable bonds is 4. The molecule has 0 unspecified atom stereocenters. The quantitative estimate of drug-likeness (QED) is 0.514. The van der Waals surface area contributed by atoms with Crippen molar-refractivity contribution in [1.82, 2.24) is 0 Å². The maximum Gasteiger partial charge on any atom is 0.337 e. The van der Waals surface area contributed by atoms with E-state index in [2.05, 4.69) is 6.92 Å². The molecule has 3 heteroatoms. The van der Waals surface area contributed by atoms with Gasteiger partial charge in [0.1, 0.15) is 5.76 Å². The van der Waals surface area contributed by atoms with E-state index in [4.69, 9.17) is 9.47 Å². The van der Waals surface area contributed by atoms with Gasteiger partial charge < -0.3 is 9.47 Å². The topological polar surface area (TPSA) is 35.5 Å². The van der Waals surface area contributed by atoms with Crippen molar-refractivity contribution in [2.45, 2.75) is 52.2 Å². The van der Waals surface area contributed by atoms with Crippen LogP contribution in [0.5, 0.6) is 0 Å². The lowest BCUT2D eigenvalue weighted by molar-refractivity contribution is -0.206. The molecular weight excluding hydrogens is 180 g/mol. The van der Waals surface area contributed by atoms with Gasteiger partial charge in [-0.1, -0.05) is 19.8 Å². The highest BCUT2D eigenvalue weighted by molar-refractivity contribution is 5.83. The standard InChI is InChI=1S/C11H18O3/c1-4-5-6-7-9-8-10(12)14-11(2,3)13-9/h8H,4-7H2,1-3H3. The zero-order valence-electron chi connectivity index (χ0n) is 9.13. The third kappa shape index (κ3) is 3.40. The van der Waals surface area contributed by atoms with E-state index in [9.17, 15) is 4.79 Å². The van der Waals surface area contributed by atoms with E-state index in [-0.39, 0.29) is 5.97 Å². The van der Waals surface area contributed by atoms with Crippen molar-refractivity contribution in [1.29, 1.82) is 0 Å². The zero-order valence-corrected chi connectivity index (χ0v) is 9.13. The fraction of sp³-hybridized carbons (Fsp3) is 0.727. The number of unbranched alkanes of at least 4 members (excludes halogenated alkanes) is 2. The molecule has 0 aromatic carbocycles. The Morgan fingerprint density at radius 1 is 1.29 bits per heavy atom. The Labute approximate surface area is 85.1 Å². The van der Waals surface area contributed by atoms with Gasteiger partial charge in [0.05, 0.1) is 6.08 Å². The lowest BCUT2D eigenvalue weighted by atomic mass is 10.1. The second-order valence-corrected chi connectivity index (χ2v) is 3.99. The second-order valence-electron chi connectivity index (χ2n) is 3.99. The third-order valence-electron chi connectivity index (χ3n) is 2.03. The number of carbonyl (C=O) groups excluding carboxylic acids is 1. The Kier molecular flexibility index (Phi) is 3.55. The summed E-state index contributed by atoms with van der Waals surface area (Å²) in [6.45, 7) is 5.64. The van der Waals surface area contributed by atoms with Gasteiger partial charge in [0, 0.05) is 20.3 Å². The van der Waals surface area contributed by atoms with Crippen LogP contribution >= 0.6 is 0 Å². The van der Waals surface area contributed by atoms with E-state index in [0.29, 0.717) is 0 Å². The predicted molar refractivity (Wildman–Crippen MR) is 53.5 cm³/mol. The van der Waals surface area contributed by atoms with Crippen LogP contribution < -0.4 is 0 Å². The van der Waals surface area contributed by atoms with Crippen molar-refractivity contribution >= 4 is 5.97 Å². The highest BCUT2D eigenvalue weighted by atomic mass is 16.7. The highest BCUT2D eigenvalue weighted by Crippen LogP contribution is 2.24. The van der Waals surface area contributed by atoms with Crippen LogP contribution in [0.25, 0.3) is 0 Å². The van der Waals surface area contributed by atoms with E-state index in [1.54, 1.807) is 13.8 Å². The zero-order chi connectivity index (χ0) is 10.6. The molecule has 0 fully saturated rings. The molecule has 80 valence electrons. The fourth-order valence-corrected chi connectivity index (χ4v) is 1.44. The molecule has 0 spiro atoms. The predicted octanol–water partition coefficient (Wildman–Crippen LogP) is 2.76. The summed E-state index contributed by atoms with van der Waals surface area (Å²) in [6.07, 6.45) is 5.66. The van der Waals surface area contributed by atoms with Crippen LogP contribution in [0.2, 0.25) is 0 Å². The van der Waals surface area contributed by atoms with Crippen molar-refractivity contribution in [2.75, 3.05) is 0 Å². The van der Waals surface area contributed by atoms with Crippen LogP contribution in [-0.2, 0) is 14.3 Å². The van der Waals surface area contributed by atoms with Crippen LogP contribution in [0.3, 0.4) is 0 Å². The summed E-state index contributed by atoms with van der Waals surface area (Å²) in [7, 11) is 0. The average molecular weight is 198 g/mol. The van der Waals surface area contributed by atoms with E-state index < -0.39 is 5.79 Å². The molecule has 0 saturated carbocycles. The van der Waals surface area contributed by atoms with Gasteiger partial charge in [-0.15, -0.1) is 0 Å². The van der Waals surface area contributed by atoms with Gasteiger partial charge in [-0.25, -0.2) is 4.79 Å². The number of allylic oxidation sites excluding steroid dienone is 1. The first-order valence-corrected chi connectivity index (χ1v) is 5.16. The Balaban J connectivity index is 2.48. The summed E-state index contributed by atoms with van der Waals surface area (Å²) >= 11 is 0. The molecule has 14 heavy (non-hydrogen) atoms. The molecule has 3 nitrogen and oxygen atoms in total. The van der Waals surface area contributed by atoms with Crippen molar-refractivity contribution in [2.24, 2.45) is 0 Å². The van der Waals surface area contributed by atoms with Crippen molar-refractivity contribution in [3.8, 4) is 0 Å². The van der Waals surface area contributed by atoms with Crippen LogP contribution in [-0.4, -0.2) is 11.8 Å². The molecule has 0 aliphatic carbocycles. The Hall–Kier alpha value is -0.990. The van der Waals surface area contributed by atoms with Crippen LogP contribution in [0.4, 0.5) is 0 Å². The van der Waals surface area contributed by atoms with Gasteiger partial charge in [-0.05, 0) is 6.42 Å². The maximum atomic E-state index is 11.1. The smallest absolute Gasteiger partial charge is 0.337 e. The summed E-state index contributed by atoms with van der Waals surface area (Å²) < 4.78 is 10.5. The van der Waals surface area contributed by atoms with Crippen molar-refractivity contribution < 1.29 is 14.3 Å². The van der Waals surface area contributed by atoms with Gasteiger partial charge in [0.15, 0.2) is 0 Å². The molecule has 0 saturated heterocycles. The molecule has 0 radical (unpaired) electrons. The molecule has 0 aromatic rings. The normalized spacial score (nSPS) is 19.6. The molecule has 1 heterocycles. The molecule has 0 bridgehead atoms. The van der Waals surface area contributed by atoms with Crippen molar-refractivity contribution in [3.05, 3.63) is 11.8 Å². The van der Waals surface area contributed by atoms with E-state index in [1.165, 1.54) is 12.5 Å². The minimum absolute atomic E-state index is 0.298. The minimum Gasteiger partial charge on any atom is -0.457 e. The first-order chi connectivity index (χ1) is 6.53. The Morgan fingerprint density at radius 3 is 2.57 bits per heavy atom. The number of hydrogen-bond acceptors (Lipinski definition) is 3. The summed E-state index contributed by atoms with van der Waals surface area (Å²) in [5, 5.41) is 0. The monoisotopic (exact) mass is 198 g/mol. The van der Waals surface area contributed by atoms with Crippen LogP contribution in [0.15, 0.2) is 11.8 Å². The summed E-state index contributed by atoms with van der Waals surface area (Å²) in [5.74, 6) is -0.347. The van der Waals surface area contributed by atoms with Gasteiger partial charge >= 0.3 is 5.97 Å². The number of esters is 1. The fourth-order valence-electron chi connectivity index (χ4n) is 1.44. The lowest BCUT2D eigenvalue weighted by Gasteiger charge is -2.30. The molecule has 1 rings (SSSR count). The number of carbonyl (C=O) groups is 1. The number of ether oxygens (including phenoxy) is 2. The van der Waals surface area contributed by atoms with Gasteiger partial charge in [0.2, 0.25) is 5.79 Å². The molecule has 0 aromatic heterocycles. The summed E-state index contributed by atoms with van der Waals surface area (Å²) in [4.78, 5) is 11.1. The lowest BCUT2D eigenvalue weighted by Crippen LogP contribution is -2.34. The van der Waals surface area contributed by atoms with E-state index in [1.807, 2.05) is 0 Å². The highest BCUT2D eigenvalue weighted by Gasteiger charge is 2.29. The first kappa shape index (κ1) is 11.1.